The highest BCUT2D eigenvalue weighted by molar-refractivity contribution is 5.15. The van der Waals surface area contributed by atoms with Gasteiger partial charge in [0.25, 0.3) is 0 Å². The van der Waals surface area contributed by atoms with Crippen LogP contribution in [0.2, 0.25) is 0 Å². The number of halogens is 1. The predicted molar refractivity (Wildman–Crippen MR) is 59.1 cm³/mol. The van der Waals surface area contributed by atoms with Crippen LogP contribution in [0.1, 0.15) is 11.1 Å². The third kappa shape index (κ3) is 3.14. The van der Waals surface area contributed by atoms with Crippen molar-refractivity contribution in [2.45, 2.75) is 13.2 Å². The van der Waals surface area contributed by atoms with E-state index < -0.39 is 0 Å². The van der Waals surface area contributed by atoms with Crippen LogP contribution in [0.15, 0.2) is 48.8 Å². The number of pyridine rings is 1. The number of nitrogens with zero attached hydrogens (tertiary/aromatic N) is 1. The van der Waals surface area contributed by atoms with E-state index in [1.54, 1.807) is 24.5 Å². The van der Waals surface area contributed by atoms with E-state index in [0.717, 1.165) is 11.1 Å². The topological polar surface area (TPSA) is 22.1 Å². The average molecular weight is 217 g/mol. The standard InChI is InChI=1S/C13H12FNO/c14-13-3-1-11(2-4-13)9-16-10-12-5-7-15-8-6-12/h1-8H,9-10H2. The van der Waals surface area contributed by atoms with Gasteiger partial charge in [0.1, 0.15) is 5.82 Å². The van der Waals surface area contributed by atoms with Gasteiger partial charge in [0.2, 0.25) is 0 Å². The molecule has 0 amide bonds. The van der Waals surface area contributed by atoms with Crippen molar-refractivity contribution >= 4 is 0 Å². The Hall–Kier alpha value is -1.74. The van der Waals surface area contributed by atoms with Gasteiger partial charge >= 0.3 is 0 Å². The molecular weight excluding hydrogens is 205 g/mol. The zero-order valence-corrected chi connectivity index (χ0v) is 8.77. The zero-order valence-electron chi connectivity index (χ0n) is 8.77. The molecule has 0 spiro atoms. The molecule has 2 nitrogen and oxygen atoms in total. The minimum Gasteiger partial charge on any atom is -0.372 e. The number of benzene rings is 1. The molecule has 0 aliphatic carbocycles. The van der Waals surface area contributed by atoms with Gasteiger partial charge in [-0.3, -0.25) is 4.98 Å². The van der Waals surface area contributed by atoms with E-state index >= 15 is 0 Å². The molecule has 1 heterocycles. The summed E-state index contributed by atoms with van der Waals surface area (Å²) in [6.45, 7) is 1.03. The first-order valence-corrected chi connectivity index (χ1v) is 5.06. The van der Waals surface area contributed by atoms with E-state index in [-0.39, 0.29) is 5.82 Å². The molecule has 1 aromatic heterocycles. The maximum absolute atomic E-state index is 12.6. The summed E-state index contributed by atoms with van der Waals surface area (Å²) in [6, 6.07) is 10.1. The molecular formula is C13H12FNO. The maximum Gasteiger partial charge on any atom is 0.123 e. The van der Waals surface area contributed by atoms with Gasteiger partial charge in [-0.05, 0) is 35.4 Å². The lowest BCUT2D eigenvalue weighted by Gasteiger charge is -2.04. The van der Waals surface area contributed by atoms with Crippen molar-refractivity contribution in [3.63, 3.8) is 0 Å². The van der Waals surface area contributed by atoms with E-state index in [4.69, 9.17) is 4.74 Å². The van der Waals surface area contributed by atoms with Crippen molar-refractivity contribution < 1.29 is 9.13 Å². The Labute approximate surface area is 93.7 Å². The van der Waals surface area contributed by atoms with Crippen LogP contribution < -0.4 is 0 Å². The van der Waals surface area contributed by atoms with Crippen molar-refractivity contribution in [3.8, 4) is 0 Å². The lowest BCUT2D eigenvalue weighted by molar-refractivity contribution is 0.107. The molecule has 2 aromatic rings. The second-order valence-corrected chi connectivity index (χ2v) is 3.47. The molecule has 0 aliphatic heterocycles. The molecule has 0 fully saturated rings. The van der Waals surface area contributed by atoms with Gasteiger partial charge in [-0.15, -0.1) is 0 Å². The van der Waals surface area contributed by atoms with Gasteiger partial charge in [-0.25, -0.2) is 4.39 Å². The summed E-state index contributed by atoms with van der Waals surface area (Å²) < 4.78 is 18.1. The summed E-state index contributed by atoms with van der Waals surface area (Å²) in [5.41, 5.74) is 2.05. The van der Waals surface area contributed by atoms with E-state index in [2.05, 4.69) is 4.98 Å². The number of hydrogen-bond donors (Lipinski definition) is 0. The normalized spacial score (nSPS) is 10.3. The molecule has 0 bridgehead atoms. The molecule has 0 aliphatic rings. The van der Waals surface area contributed by atoms with Crippen LogP contribution in [-0.2, 0) is 18.0 Å². The fourth-order valence-corrected chi connectivity index (χ4v) is 1.35. The highest BCUT2D eigenvalue weighted by Crippen LogP contribution is 2.06. The minimum absolute atomic E-state index is 0.224. The molecule has 0 radical (unpaired) electrons. The van der Waals surface area contributed by atoms with E-state index in [0.29, 0.717) is 13.2 Å². The van der Waals surface area contributed by atoms with Crippen LogP contribution in [0.3, 0.4) is 0 Å². The van der Waals surface area contributed by atoms with Gasteiger partial charge in [-0.2, -0.15) is 0 Å². The highest BCUT2D eigenvalue weighted by Gasteiger charge is 1.95. The quantitative estimate of drug-likeness (QED) is 0.785. The van der Waals surface area contributed by atoms with Crippen LogP contribution in [0.25, 0.3) is 0 Å². The Morgan fingerprint density at radius 2 is 1.44 bits per heavy atom. The summed E-state index contributed by atoms with van der Waals surface area (Å²) >= 11 is 0. The zero-order chi connectivity index (χ0) is 11.2. The second kappa shape index (κ2) is 5.37. The van der Waals surface area contributed by atoms with Crippen molar-refractivity contribution in [2.75, 3.05) is 0 Å². The summed E-state index contributed by atoms with van der Waals surface area (Å²) in [7, 11) is 0. The van der Waals surface area contributed by atoms with Crippen LogP contribution in [0.5, 0.6) is 0 Å². The third-order valence-corrected chi connectivity index (χ3v) is 2.20. The van der Waals surface area contributed by atoms with Gasteiger partial charge in [0.15, 0.2) is 0 Å². The molecule has 82 valence electrons. The molecule has 2 rings (SSSR count). The third-order valence-electron chi connectivity index (χ3n) is 2.20. The van der Waals surface area contributed by atoms with E-state index in [9.17, 15) is 4.39 Å². The Bertz CT molecular complexity index is 427. The Morgan fingerprint density at radius 1 is 0.875 bits per heavy atom. The molecule has 0 saturated carbocycles. The largest absolute Gasteiger partial charge is 0.372 e. The highest BCUT2D eigenvalue weighted by atomic mass is 19.1. The first-order valence-electron chi connectivity index (χ1n) is 5.06. The summed E-state index contributed by atoms with van der Waals surface area (Å²) in [5, 5.41) is 0. The van der Waals surface area contributed by atoms with Gasteiger partial charge in [0, 0.05) is 12.4 Å². The maximum atomic E-state index is 12.6. The van der Waals surface area contributed by atoms with Gasteiger partial charge in [-0.1, -0.05) is 12.1 Å². The SMILES string of the molecule is Fc1ccc(COCc2ccncc2)cc1. The van der Waals surface area contributed by atoms with Crippen LogP contribution in [-0.4, -0.2) is 4.98 Å². The van der Waals surface area contributed by atoms with Crippen molar-refractivity contribution in [3.05, 3.63) is 65.7 Å². The molecule has 3 heteroatoms. The first-order chi connectivity index (χ1) is 7.84. The van der Waals surface area contributed by atoms with Crippen molar-refractivity contribution in [1.82, 2.24) is 4.98 Å². The summed E-state index contributed by atoms with van der Waals surface area (Å²) in [6.07, 6.45) is 3.47. The van der Waals surface area contributed by atoms with Crippen molar-refractivity contribution in [1.29, 1.82) is 0 Å². The lowest BCUT2D eigenvalue weighted by Crippen LogP contribution is -1.94. The number of aromatic nitrogens is 1. The second-order valence-electron chi connectivity index (χ2n) is 3.47. The lowest BCUT2D eigenvalue weighted by atomic mass is 10.2. The molecule has 1 aromatic carbocycles. The van der Waals surface area contributed by atoms with Gasteiger partial charge in [0.05, 0.1) is 13.2 Å². The van der Waals surface area contributed by atoms with Crippen molar-refractivity contribution in [2.24, 2.45) is 0 Å². The van der Waals surface area contributed by atoms with Gasteiger partial charge < -0.3 is 4.74 Å². The number of rotatable bonds is 4. The summed E-state index contributed by atoms with van der Waals surface area (Å²) in [5.74, 6) is -0.224. The van der Waals surface area contributed by atoms with Crippen LogP contribution >= 0.6 is 0 Å². The van der Waals surface area contributed by atoms with E-state index in [1.165, 1.54) is 12.1 Å². The monoisotopic (exact) mass is 217 g/mol. The molecule has 0 N–H and O–H groups in total. The number of ether oxygens (including phenoxy) is 1. The average Bonchev–Trinajstić information content (AvgIpc) is 2.33. The molecule has 0 atom stereocenters. The van der Waals surface area contributed by atoms with Crippen LogP contribution in [0, 0.1) is 5.82 Å². The number of hydrogen-bond acceptors (Lipinski definition) is 2. The molecule has 0 saturated heterocycles. The van der Waals surface area contributed by atoms with Crippen LogP contribution in [0.4, 0.5) is 4.39 Å². The predicted octanol–water partition coefficient (Wildman–Crippen LogP) is 2.94. The Balaban J connectivity index is 1.82. The molecule has 16 heavy (non-hydrogen) atoms. The fraction of sp³-hybridized carbons (Fsp3) is 0.154. The Kier molecular flexibility index (Phi) is 3.62. The fourth-order valence-electron chi connectivity index (χ4n) is 1.35. The summed E-state index contributed by atoms with van der Waals surface area (Å²) in [4.78, 5) is 3.92. The van der Waals surface area contributed by atoms with E-state index in [1.807, 2.05) is 12.1 Å². The smallest absolute Gasteiger partial charge is 0.123 e. The minimum atomic E-state index is -0.224. The molecule has 0 unspecified atom stereocenters. The Morgan fingerprint density at radius 3 is 2.06 bits per heavy atom. The first kappa shape index (κ1) is 10.8.